The van der Waals surface area contributed by atoms with Crippen LogP contribution in [-0.4, -0.2) is 17.4 Å². The van der Waals surface area contributed by atoms with Crippen LogP contribution in [-0.2, 0) is 0 Å². The van der Waals surface area contributed by atoms with Crippen LogP contribution >= 0.6 is 0 Å². The van der Waals surface area contributed by atoms with Crippen LogP contribution in [0.3, 0.4) is 0 Å². The normalized spacial score (nSPS) is 11.8. The van der Waals surface area contributed by atoms with Gasteiger partial charge < -0.3 is 10.6 Å². The molecule has 21 heavy (non-hydrogen) atoms. The number of aromatic nitrogens is 1. The highest BCUT2D eigenvalue weighted by Gasteiger charge is 2.13. The number of carbonyl (C=O) groups is 1. The molecule has 0 saturated heterocycles. The van der Waals surface area contributed by atoms with Crippen molar-refractivity contribution in [1.82, 2.24) is 10.3 Å². The molecule has 2 rings (SSSR count). The van der Waals surface area contributed by atoms with Crippen molar-refractivity contribution < 1.29 is 4.79 Å². The highest BCUT2D eigenvalue weighted by molar-refractivity contribution is 5.96. The van der Waals surface area contributed by atoms with Crippen molar-refractivity contribution in [3.8, 4) is 0 Å². The summed E-state index contributed by atoms with van der Waals surface area (Å²) in [5.74, 6) is -0.0631. The Morgan fingerprint density at radius 1 is 1.33 bits per heavy atom. The Morgan fingerprint density at radius 2 is 2.14 bits per heavy atom. The van der Waals surface area contributed by atoms with E-state index in [4.69, 9.17) is 0 Å². The maximum atomic E-state index is 12.4. The van der Waals surface area contributed by atoms with Gasteiger partial charge in [-0.2, -0.15) is 0 Å². The first-order chi connectivity index (χ1) is 10.1. The second-order valence-corrected chi connectivity index (χ2v) is 5.04. The summed E-state index contributed by atoms with van der Waals surface area (Å²) in [5.41, 5.74) is 3.69. The van der Waals surface area contributed by atoms with Gasteiger partial charge in [-0.25, -0.2) is 0 Å². The molecule has 0 aliphatic heterocycles. The Labute approximate surface area is 125 Å². The molecule has 1 unspecified atom stereocenters. The van der Waals surface area contributed by atoms with Crippen LogP contribution in [0.15, 0.2) is 42.7 Å². The molecule has 0 saturated carbocycles. The molecule has 4 nitrogen and oxygen atoms in total. The van der Waals surface area contributed by atoms with Crippen molar-refractivity contribution >= 4 is 11.6 Å². The zero-order valence-corrected chi connectivity index (χ0v) is 12.7. The molecule has 2 aromatic rings. The topological polar surface area (TPSA) is 54.0 Å². The third-order valence-corrected chi connectivity index (χ3v) is 3.38. The van der Waals surface area contributed by atoms with E-state index in [1.165, 1.54) is 0 Å². The molecule has 0 fully saturated rings. The van der Waals surface area contributed by atoms with Crippen molar-refractivity contribution in [3.63, 3.8) is 0 Å². The lowest BCUT2D eigenvalue weighted by Gasteiger charge is -2.15. The van der Waals surface area contributed by atoms with Gasteiger partial charge in [-0.3, -0.25) is 9.78 Å². The lowest BCUT2D eigenvalue weighted by atomic mass is 10.1. The molecule has 0 bridgehead atoms. The molecule has 1 aromatic heterocycles. The van der Waals surface area contributed by atoms with E-state index in [1.807, 2.05) is 51.1 Å². The Morgan fingerprint density at radius 3 is 2.76 bits per heavy atom. The number of amides is 1. The van der Waals surface area contributed by atoms with Crippen LogP contribution in [0, 0.1) is 6.92 Å². The quantitative estimate of drug-likeness (QED) is 0.885. The molecule has 1 aromatic carbocycles. The van der Waals surface area contributed by atoms with Crippen LogP contribution in [0.1, 0.15) is 41.4 Å². The predicted molar refractivity (Wildman–Crippen MR) is 85.5 cm³/mol. The van der Waals surface area contributed by atoms with E-state index in [0.717, 1.165) is 23.4 Å². The van der Waals surface area contributed by atoms with E-state index < -0.39 is 0 Å². The van der Waals surface area contributed by atoms with Crippen molar-refractivity contribution in [2.45, 2.75) is 26.8 Å². The van der Waals surface area contributed by atoms with E-state index in [9.17, 15) is 4.79 Å². The van der Waals surface area contributed by atoms with Gasteiger partial charge in [-0.1, -0.05) is 6.07 Å². The summed E-state index contributed by atoms with van der Waals surface area (Å²) in [5, 5.41) is 6.25. The molecule has 2 N–H and O–H groups in total. The minimum absolute atomic E-state index is 0.0631. The molecular weight excluding hydrogens is 262 g/mol. The molecule has 1 heterocycles. The Bertz CT molecular complexity index is 611. The number of hydrogen-bond donors (Lipinski definition) is 2. The van der Waals surface area contributed by atoms with Crippen molar-refractivity contribution in [2.75, 3.05) is 11.9 Å². The largest absolute Gasteiger partial charge is 0.385 e. The standard InChI is InChI=1S/C17H21N3O/c1-4-19-15-7-8-16(12(2)10-15)17(21)20-13(3)14-6-5-9-18-11-14/h5-11,13,19H,4H2,1-3H3,(H,20,21). The average Bonchev–Trinajstić information content (AvgIpc) is 2.48. The van der Waals surface area contributed by atoms with Crippen LogP contribution < -0.4 is 10.6 Å². The van der Waals surface area contributed by atoms with Gasteiger partial charge in [0.2, 0.25) is 0 Å². The molecule has 4 heteroatoms. The van der Waals surface area contributed by atoms with Crippen molar-refractivity contribution in [3.05, 3.63) is 59.4 Å². The zero-order chi connectivity index (χ0) is 15.2. The maximum absolute atomic E-state index is 12.4. The molecule has 1 amide bonds. The Balaban J connectivity index is 2.10. The summed E-state index contributed by atoms with van der Waals surface area (Å²) in [4.78, 5) is 16.4. The van der Waals surface area contributed by atoms with Gasteiger partial charge in [0.25, 0.3) is 5.91 Å². The number of pyridine rings is 1. The van der Waals surface area contributed by atoms with Gasteiger partial charge in [-0.05, 0) is 56.2 Å². The highest BCUT2D eigenvalue weighted by atomic mass is 16.1. The first kappa shape index (κ1) is 15.0. The summed E-state index contributed by atoms with van der Waals surface area (Å²) in [6.07, 6.45) is 3.49. The fourth-order valence-corrected chi connectivity index (χ4v) is 2.22. The number of anilines is 1. The molecule has 110 valence electrons. The second kappa shape index (κ2) is 6.88. The van der Waals surface area contributed by atoms with Crippen LogP contribution in [0.25, 0.3) is 0 Å². The third kappa shape index (κ3) is 3.81. The van der Waals surface area contributed by atoms with Crippen LogP contribution in [0.4, 0.5) is 5.69 Å². The molecule has 0 radical (unpaired) electrons. The number of rotatable bonds is 5. The van der Waals surface area contributed by atoms with Gasteiger partial charge >= 0.3 is 0 Å². The molecule has 0 spiro atoms. The lowest BCUT2D eigenvalue weighted by molar-refractivity contribution is 0.0939. The van der Waals surface area contributed by atoms with Gasteiger partial charge in [0, 0.05) is 30.2 Å². The minimum atomic E-state index is -0.0703. The fourth-order valence-electron chi connectivity index (χ4n) is 2.22. The van der Waals surface area contributed by atoms with E-state index in [-0.39, 0.29) is 11.9 Å². The monoisotopic (exact) mass is 283 g/mol. The molecule has 0 aliphatic rings. The number of hydrogen-bond acceptors (Lipinski definition) is 3. The summed E-state index contributed by atoms with van der Waals surface area (Å²) in [7, 11) is 0. The minimum Gasteiger partial charge on any atom is -0.385 e. The van der Waals surface area contributed by atoms with Crippen molar-refractivity contribution in [2.24, 2.45) is 0 Å². The fraction of sp³-hybridized carbons (Fsp3) is 0.294. The first-order valence-electron chi connectivity index (χ1n) is 7.17. The summed E-state index contributed by atoms with van der Waals surface area (Å²) < 4.78 is 0. The number of carbonyl (C=O) groups excluding carboxylic acids is 1. The third-order valence-electron chi connectivity index (χ3n) is 3.38. The second-order valence-electron chi connectivity index (χ2n) is 5.04. The zero-order valence-electron chi connectivity index (χ0n) is 12.7. The SMILES string of the molecule is CCNc1ccc(C(=O)NC(C)c2cccnc2)c(C)c1. The Kier molecular flexibility index (Phi) is 4.93. The molecule has 0 aliphatic carbocycles. The predicted octanol–water partition coefficient (Wildman–Crippen LogP) is 3.31. The van der Waals surface area contributed by atoms with Crippen molar-refractivity contribution in [1.29, 1.82) is 0 Å². The summed E-state index contributed by atoms with van der Waals surface area (Å²) >= 11 is 0. The average molecular weight is 283 g/mol. The van der Waals surface area contributed by atoms with Crippen LogP contribution in [0.2, 0.25) is 0 Å². The van der Waals surface area contributed by atoms with E-state index in [0.29, 0.717) is 5.56 Å². The van der Waals surface area contributed by atoms with Gasteiger partial charge in [0.15, 0.2) is 0 Å². The summed E-state index contributed by atoms with van der Waals surface area (Å²) in [6, 6.07) is 9.54. The smallest absolute Gasteiger partial charge is 0.252 e. The number of nitrogens with zero attached hydrogens (tertiary/aromatic N) is 1. The summed E-state index contributed by atoms with van der Waals surface area (Å²) in [6.45, 7) is 6.82. The lowest BCUT2D eigenvalue weighted by Crippen LogP contribution is -2.27. The first-order valence-corrected chi connectivity index (χ1v) is 7.17. The van der Waals surface area contributed by atoms with E-state index >= 15 is 0 Å². The van der Waals surface area contributed by atoms with Gasteiger partial charge in [-0.15, -0.1) is 0 Å². The number of nitrogens with one attached hydrogen (secondary N) is 2. The van der Waals surface area contributed by atoms with Gasteiger partial charge in [0.1, 0.15) is 0 Å². The highest BCUT2D eigenvalue weighted by Crippen LogP contribution is 2.17. The van der Waals surface area contributed by atoms with E-state index in [1.54, 1.807) is 12.4 Å². The Hall–Kier alpha value is -2.36. The number of benzene rings is 1. The van der Waals surface area contributed by atoms with Crippen LogP contribution in [0.5, 0.6) is 0 Å². The van der Waals surface area contributed by atoms with E-state index in [2.05, 4.69) is 15.6 Å². The number of aryl methyl sites for hydroxylation is 1. The molecular formula is C17H21N3O. The maximum Gasteiger partial charge on any atom is 0.252 e. The molecule has 1 atom stereocenters. The van der Waals surface area contributed by atoms with Gasteiger partial charge in [0.05, 0.1) is 6.04 Å².